The third-order valence-electron chi connectivity index (χ3n) is 28.3. The quantitative estimate of drug-likeness (QED) is 0.0155. The number of nitrogens with zero attached hydrogens (tertiary/aromatic N) is 10. The van der Waals surface area contributed by atoms with Gasteiger partial charge in [0.05, 0.1) is 41.9 Å². The van der Waals surface area contributed by atoms with Crippen molar-refractivity contribution < 1.29 is 38.5 Å². The molecule has 0 atom stereocenters. The van der Waals surface area contributed by atoms with Crippen molar-refractivity contribution in [2.24, 2.45) is 9.98 Å². The Morgan fingerprint density at radius 1 is 0.386 bits per heavy atom. The first-order chi connectivity index (χ1) is 61.1. The van der Waals surface area contributed by atoms with E-state index >= 15 is 0 Å². The van der Waals surface area contributed by atoms with Crippen LogP contribution in [0.5, 0.6) is 0 Å². The van der Waals surface area contributed by atoms with E-state index in [0.29, 0.717) is 39.1 Å². The zero-order chi connectivity index (χ0) is 89.8. The summed E-state index contributed by atoms with van der Waals surface area (Å²) in [4.78, 5) is 70.1. The van der Waals surface area contributed by atoms with Gasteiger partial charge in [-0.3, -0.25) is 19.2 Å². The Kier molecular flexibility index (Phi) is 31.5. The molecule has 0 aromatic heterocycles. The Morgan fingerprint density at radius 2 is 0.717 bits per heavy atom. The molecule has 10 heterocycles. The first kappa shape index (κ1) is 94.4. The molecule has 0 amide bonds. The van der Waals surface area contributed by atoms with E-state index in [-0.39, 0.29) is 24.3 Å². The number of aliphatic carboxylic acids is 1. The topological polar surface area (TPSA) is 166 Å². The first-order valence-electron chi connectivity index (χ1n) is 47.6. The number of ether oxygens (including phenoxy) is 3. The molecule has 0 radical (unpaired) electrons. The van der Waals surface area contributed by atoms with E-state index in [4.69, 9.17) is 29.3 Å². The molecule has 18 nitrogen and oxygen atoms in total. The number of likely N-dealkylation sites (N-methyl/N-ethyl adjacent to an activating group) is 4. The number of hydrogen-bond donors (Lipinski definition) is 1. The number of carboxylic acid groups (broad SMARTS) is 1. The summed E-state index contributed by atoms with van der Waals surface area (Å²) in [6.07, 6.45) is 23.2. The van der Waals surface area contributed by atoms with Gasteiger partial charge in [-0.25, -0.2) is 19.1 Å². The normalized spacial score (nSPS) is 16.0. The third-order valence-corrected chi connectivity index (χ3v) is 39.8. The fourth-order valence-electron chi connectivity index (χ4n) is 20.6. The minimum atomic E-state index is -1.85. The van der Waals surface area contributed by atoms with Crippen LogP contribution >= 0.6 is 31.9 Å². The highest BCUT2D eigenvalue weighted by atomic mass is 79.9. The molecule has 10 aliphatic heterocycles. The van der Waals surface area contributed by atoms with Crippen molar-refractivity contribution in [1.29, 1.82) is 0 Å². The highest BCUT2D eigenvalue weighted by molar-refractivity contribution is 9.10. The molecule has 23 heteroatoms. The van der Waals surface area contributed by atoms with E-state index in [1.807, 2.05) is 20.8 Å². The molecule has 0 saturated heterocycles. The average Bonchev–Trinajstić information content (AvgIpc) is 1.39. The van der Waals surface area contributed by atoms with Crippen molar-refractivity contribution in [1.82, 2.24) is 9.15 Å². The largest absolute Gasteiger partial charge is 0.481 e. The lowest BCUT2D eigenvalue weighted by Crippen LogP contribution is -2.62. The van der Waals surface area contributed by atoms with E-state index in [0.717, 1.165) is 199 Å². The van der Waals surface area contributed by atoms with Crippen LogP contribution < -0.4 is 91.1 Å². The van der Waals surface area contributed by atoms with E-state index in [9.17, 15) is 19.2 Å². The number of carbonyl (C=O) groups is 4. The SMILES string of the molecule is CCOC(=O)CCCCCN1CCc2cc3c(cc21)[Si](C)(C)c1cc2c(cc1=N3)CC[N+]=2C.CCOC(=O)CCCCCN1CCc2ccc(Br)cc21.CCOC(=O)CCCCCN1CCc2ccc([Si](C)(C)c3ccc4c(c3)N(C)CC4)cc21.CN1CCc2ccc(Br)cc21.C[N+]1=c2cc3c(cc2CC1)=Nc1cc2c(cc1[Si]3(C)C)N(CCCCCC(=O)O)CC2. The number of carboxylic acids is 1. The number of hydrogen-bond acceptors (Lipinski definition) is 15. The summed E-state index contributed by atoms with van der Waals surface area (Å²) in [7, 11) is 3.30. The molecule has 0 saturated carbocycles. The van der Waals surface area contributed by atoms with Crippen LogP contribution in [-0.4, -0.2) is 180 Å². The second-order valence-corrected chi connectivity index (χ2v) is 52.9. The molecule has 1 N–H and O–H groups in total. The van der Waals surface area contributed by atoms with Gasteiger partial charge in [-0.15, -0.1) is 0 Å². The molecule has 8 aromatic rings. The van der Waals surface area contributed by atoms with Crippen molar-refractivity contribution >= 4 is 157 Å². The van der Waals surface area contributed by atoms with E-state index in [1.54, 1.807) is 0 Å². The van der Waals surface area contributed by atoms with Crippen molar-refractivity contribution in [3.05, 3.63) is 196 Å². The summed E-state index contributed by atoms with van der Waals surface area (Å²) in [5.41, 5.74) is 22.4. The van der Waals surface area contributed by atoms with Crippen LogP contribution in [0.2, 0.25) is 39.3 Å². The van der Waals surface area contributed by atoms with E-state index in [2.05, 4.69) is 259 Å². The van der Waals surface area contributed by atoms with Crippen LogP contribution in [0.1, 0.15) is 168 Å². The molecule has 10 aliphatic rings. The fourth-order valence-corrected chi connectivity index (χ4v) is 29.2. The predicted molar refractivity (Wildman–Crippen MR) is 539 cm³/mol. The molecule has 0 unspecified atom stereocenters. The second kappa shape index (κ2) is 42.4. The van der Waals surface area contributed by atoms with Gasteiger partial charge in [-0.05, 0) is 238 Å². The maximum absolute atomic E-state index is 11.6. The number of anilines is 6. The van der Waals surface area contributed by atoms with Crippen molar-refractivity contribution in [2.45, 2.75) is 214 Å². The van der Waals surface area contributed by atoms with Crippen molar-refractivity contribution in [2.75, 3.05) is 156 Å². The smallest absolute Gasteiger partial charge is 0.305 e. The molecule has 0 aliphatic carbocycles. The lowest BCUT2D eigenvalue weighted by molar-refractivity contribution is -0.144. The third kappa shape index (κ3) is 22.3. The van der Waals surface area contributed by atoms with Gasteiger partial charge in [-0.1, -0.05) is 144 Å². The minimum absolute atomic E-state index is 0.0615. The van der Waals surface area contributed by atoms with E-state index < -0.39 is 30.2 Å². The van der Waals surface area contributed by atoms with E-state index in [1.165, 1.54) is 160 Å². The molecular weight excluding hydrogens is 1760 g/mol. The maximum Gasteiger partial charge on any atom is 0.305 e. The molecule has 127 heavy (non-hydrogen) atoms. The number of fused-ring (bicyclic) bond motifs is 12. The van der Waals surface area contributed by atoms with Gasteiger partial charge in [0.25, 0.3) is 0 Å². The van der Waals surface area contributed by atoms with Crippen LogP contribution in [0.4, 0.5) is 45.5 Å². The van der Waals surface area contributed by atoms with Gasteiger partial charge in [0.1, 0.15) is 51.4 Å². The number of unbranched alkanes of at least 4 members (excludes halogenated alkanes) is 8. The summed E-state index contributed by atoms with van der Waals surface area (Å²) in [6.45, 7) is 35.0. The highest BCUT2D eigenvalue weighted by Crippen LogP contribution is 2.38. The molecule has 18 rings (SSSR count). The molecule has 676 valence electrons. The maximum atomic E-state index is 11.6. The molecule has 8 aromatic carbocycles. The van der Waals surface area contributed by atoms with Crippen LogP contribution in [0.15, 0.2) is 140 Å². The van der Waals surface area contributed by atoms with Crippen molar-refractivity contribution in [3.8, 4) is 0 Å². The molecule has 0 bridgehead atoms. The Hall–Kier alpha value is -8.75. The Bertz CT molecular complexity index is 5660. The fraction of sp³-hybridized carbons (Fsp3) is 0.500. The lowest BCUT2D eigenvalue weighted by atomic mass is 10.1. The van der Waals surface area contributed by atoms with Crippen LogP contribution in [0, 0.1) is 0 Å². The molecule has 0 spiro atoms. The number of benzene rings is 8. The van der Waals surface area contributed by atoms with Crippen LogP contribution in [-0.2, 0) is 84.8 Å². The van der Waals surface area contributed by atoms with Crippen LogP contribution in [0.25, 0.3) is 0 Å². The summed E-state index contributed by atoms with van der Waals surface area (Å²) in [5, 5.41) is 23.0. The molecular formula is C104H138Br2N10O8Si3+2. The van der Waals surface area contributed by atoms with Gasteiger partial charge in [0, 0.05) is 184 Å². The minimum Gasteiger partial charge on any atom is -0.481 e. The van der Waals surface area contributed by atoms with Gasteiger partial charge in [-0.2, -0.15) is 0 Å². The zero-order valence-electron chi connectivity index (χ0n) is 78.2. The van der Waals surface area contributed by atoms with Gasteiger partial charge >= 0.3 is 23.9 Å². The van der Waals surface area contributed by atoms with Crippen molar-refractivity contribution in [3.63, 3.8) is 0 Å². The first-order valence-corrected chi connectivity index (χ1v) is 58.2. The molecule has 0 fully saturated rings. The zero-order valence-corrected chi connectivity index (χ0v) is 84.3. The Balaban J connectivity index is 0.000000133. The number of halogens is 2. The standard InChI is InChI=1S/C27H36N3O2Si.C27H38N2O2Si.C25H31N3O2Si.C16H22BrNO2.C9H10BrN/c1-5-32-27(31)9-7-6-8-12-30-14-11-20-16-22-26(18-24(20)30)33(3,4)25-17-23-19(10-13-29(23)2)15-21(25)28-22;1-5-31-27(30)9-7-6-8-16-29-18-15-22-11-13-24(20-26(22)29)32(3,4)23-12-10-21-14-17-28(2)25(21)19-23;1-27-11-8-17-13-19-23(15-21(17)27)31(2,3)24-16-22-18(14-20(24)26-19)9-12-28(22)10-6-4-5-7-25(29)30;1-2-20-16(19)6-4-3-5-10-18-11-9-13-7-8-14(17)12-15(13)18;1-11-5-4-7-2-3-8(10)6-9(7)11/h15-18H,5-14H2,1-4H3;10-13,19-20H,5-9,14-18H2,1-4H3;13-16H,4-12H2,1-3H3;7-8,12H,2-6,9-11H2,1H3;2-3,6H,4-5H2,1H3/q+1;;;;/p+1. The number of carbonyl (C=O) groups excluding carboxylic acids is 3. The summed E-state index contributed by atoms with van der Waals surface area (Å²) < 4.78 is 22.1. The van der Waals surface area contributed by atoms with Gasteiger partial charge in [0.15, 0.2) is 0 Å². The Labute approximate surface area is 774 Å². The van der Waals surface area contributed by atoms with Gasteiger partial charge in [0.2, 0.25) is 10.7 Å². The summed E-state index contributed by atoms with van der Waals surface area (Å²) in [5.74, 6) is -0.883. The average molecular weight is 1900 g/mol. The monoisotopic (exact) mass is 1900 g/mol. The van der Waals surface area contributed by atoms with Crippen LogP contribution in [0.3, 0.4) is 0 Å². The predicted octanol–water partition coefficient (Wildman–Crippen LogP) is 13.8. The highest BCUT2D eigenvalue weighted by Gasteiger charge is 2.40. The lowest BCUT2D eigenvalue weighted by Gasteiger charge is -2.30. The van der Waals surface area contributed by atoms with Gasteiger partial charge < -0.3 is 48.7 Å². The number of esters is 3. The Morgan fingerprint density at radius 3 is 1.11 bits per heavy atom. The summed E-state index contributed by atoms with van der Waals surface area (Å²) >= 11 is 7.00. The number of rotatable bonds is 29. The second-order valence-electron chi connectivity index (χ2n) is 38.0. The summed E-state index contributed by atoms with van der Waals surface area (Å²) in [6, 6.07) is 46.7.